The van der Waals surface area contributed by atoms with E-state index in [1.807, 2.05) is 37.3 Å². The maximum atomic E-state index is 11.0. The molecule has 3 aromatic carbocycles. The molecule has 0 radical (unpaired) electrons. The molecule has 166 valence electrons. The average Bonchev–Trinajstić information content (AvgIpc) is 2.82. The second-order valence-corrected chi connectivity index (χ2v) is 7.04. The van der Waals surface area contributed by atoms with Crippen molar-refractivity contribution in [3.05, 3.63) is 83.9 Å². The zero-order valence-electron chi connectivity index (χ0n) is 18.3. The molecule has 0 unspecified atom stereocenters. The van der Waals surface area contributed by atoms with Gasteiger partial charge in [0.15, 0.2) is 18.1 Å². The summed E-state index contributed by atoms with van der Waals surface area (Å²) in [5.74, 6) is -0.0285. The molecule has 0 atom stereocenters. The zero-order valence-corrected chi connectivity index (χ0v) is 18.3. The minimum atomic E-state index is -0.929. The number of carboxylic acid groups (broad SMARTS) is 1. The molecule has 0 heterocycles. The summed E-state index contributed by atoms with van der Waals surface area (Å²) in [4.78, 5) is 16.5. The Hall–Kier alpha value is -3.80. The molecule has 6 nitrogen and oxygen atoms in total. The Morgan fingerprint density at radius 2 is 1.62 bits per heavy atom. The fraction of sp³-hybridized carbons (Fsp3) is 0.231. The number of para-hydroxylation sites is 1. The van der Waals surface area contributed by atoms with Gasteiger partial charge in [-0.2, -0.15) is 0 Å². The highest BCUT2D eigenvalue weighted by Crippen LogP contribution is 2.31. The Labute approximate surface area is 188 Å². The number of hydrogen-bond donors (Lipinski definition) is 1. The van der Waals surface area contributed by atoms with E-state index >= 15 is 0 Å². The Morgan fingerprint density at radius 3 is 2.28 bits per heavy atom. The van der Waals surface area contributed by atoms with Crippen LogP contribution in [0.1, 0.15) is 24.5 Å². The first-order chi connectivity index (χ1) is 15.6. The molecule has 3 rings (SSSR count). The minimum absolute atomic E-state index is 0.135. The van der Waals surface area contributed by atoms with Crippen molar-refractivity contribution in [2.45, 2.75) is 19.8 Å². The third kappa shape index (κ3) is 6.11. The highest BCUT2D eigenvalue weighted by molar-refractivity contribution is 6.00. The molecule has 0 aliphatic rings. The lowest BCUT2D eigenvalue weighted by Gasteiger charge is -2.13. The van der Waals surface area contributed by atoms with Crippen LogP contribution in [0.15, 0.2) is 78.0 Å². The van der Waals surface area contributed by atoms with Crippen molar-refractivity contribution >= 4 is 11.7 Å². The molecule has 32 heavy (non-hydrogen) atoms. The minimum Gasteiger partial charge on any atom is -0.493 e. The second kappa shape index (κ2) is 11.6. The van der Waals surface area contributed by atoms with Gasteiger partial charge >= 0.3 is 5.97 Å². The summed E-state index contributed by atoms with van der Waals surface area (Å²) in [7, 11) is 1.49. The van der Waals surface area contributed by atoms with Crippen molar-refractivity contribution in [2.24, 2.45) is 5.16 Å². The zero-order chi connectivity index (χ0) is 22.8. The Balaban J connectivity index is 1.57. The van der Waals surface area contributed by atoms with Gasteiger partial charge in [0.05, 0.1) is 19.2 Å². The van der Waals surface area contributed by atoms with Gasteiger partial charge in [-0.15, -0.1) is 0 Å². The molecule has 3 aromatic rings. The molecule has 0 fully saturated rings. The maximum Gasteiger partial charge on any atom is 0.307 e. The van der Waals surface area contributed by atoms with Crippen LogP contribution >= 0.6 is 0 Å². The van der Waals surface area contributed by atoms with Crippen LogP contribution in [0, 0.1) is 0 Å². The smallest absolute Gasteiger partial charge is 0.307 e. The fourth-order valence-electron chi connectivity index (χ4n) is 3.33. The first-order valence-electron chi connectivity index (χ1n) is 10.5. The standard InChI is InChI=1S/C26H27NO5/c1-3-23(21-14-12-20(13-15-21)19-8-5-4-6-9-19)27-32-17-16-31-24-11-7-10-22(18-25(28)29)26(24)30-2/h4-15H,3,16-18H2,1-2H3,(H,28,29). The monoisotopic (exact) mass is 433 g/mol. The molecule has 0 amide bonds. The quantitative estimate of drug-likeness (QED) is 0.256. The number of methoxy groups -OCH3 is 1. The largest absolute Gasteiger partial charge is 0.493 e. The van der Waals surface area contributed by atoms with Gasteiger partial charge in [-0.3, -0.25) is 4.79 Å². The highest BCUT2D eigenvalue weighted by atomic mass is 16.6. The Morgan fingerprint density at radius 1 is 0.906 bits per heavy atom. The molecule has 0 aromatic heterocycles. The molecule has 1 N–H and O–H groups in total. The number of nitrogens with zero attached hydrogens (tertiary/aromatic N) is 1. The number of rotatable bonds is 11. The lowest BCUT2D eigenvalue weighted by atomic mass is 10.0. The lowest BCUT2D eigenvalue weighted by Crippen LogP contribution is -2.09. The van der Waals surface area contributed by atoms with E-state index in [0.717, 1.165) is 23.3 Å². The SMILES string of the molecule is CCC(=NOCCOc1cccc(CC(=O)O)c1OC)c1ccc(-c2ccccc2)cc1. The number of oxime groups is 1. The van der Waals surface area contributed by atoms with Crippen molar-refractivity contribution in [3.63, 3.8) is 0 Å². The topological polar surface area (TPSA) is 77.4 Å². The van der Waals surface area contributed by atoms with Crippen molar-refractivity contribution in [3.8, 4) is 22.6 Å². The predicted octanol–water partition coefficient (Wildman–Crippen LogP) is 5.20. The van der Waals surface area contributed by atoms with E-state index in [1.165, 1.54) is 12.7 Å². The van der Waals surface area contributed by atoms with E-state index < -0.39 is 5.97 Å². The molecule has 6 heteroatoms. The fourth-order valence-corrected chi connectivity index (χ4v) is 3.33. The van der Waals surface area contributed by atoms with Gasteiger partial charge in [0.25, 0.3) is 0 Å². The summed E-state index contributed by atoms with van der Waals surface area (Å²) in [5.41, 5.74) is 4.74. The van der Waals surface area contributed by atoms with Crippen LogP contribution in [0.5, 0.6) is 11.5 Å². The molecular formula is C26H27NO5. The number of aliphatic carboxylic acids is 1. The molecule has 0 bridgehead atoms. The van der Waals surface area contributed by atoms with Crippen LogP contribution in [0.4, 0.5) is 0 Å². The summed E-state index contributed by atoms with van der Waals surface area (Å²) >= 11 is 0. The summed E-state index contributed by atoms with van der Waals surface area (Å²) in [6.07, 6.45) is 0.598. The molecule has 0 aliphatic heterocycles. The third-order valence-corrected chi connectivity index (χ3v) is 4.87. The number of ether oxygens (including phenoxy) is 2. The van der Waals surface area contributed by atoms with Crippen molar-refractivity contribution in [2.75, 3.05) is 20.3 Å². The van der Waals surface area contributed by atoms with Gasteiger partial charge in [-0.1, -0.05) is 78.8 Å². The van der Waals surface area contributed by atoms with Crippen molar-refractivity contribution in [1.29, 1.82) is 0 Å². The Bertz CT molecular complexity index is 1050. The molecule has 0 spiro atoms. The van der Waals surface area contributed by atoms with Crippen molar-refractivity contribution in [1.82, 2.24) is 0 Å². The molecule has 0 aliphatic carbocycles. The first kappa shape index (κ1) is 22.9. The average molecular weight is 434 g/mol. The highest BCUT2D eigenvalue weighted by Gasteiger charge is 2.13. The van der Waals surface area contributed by atoms with E-state index in [2.05, 4.69) is 29.4 Å². The van der Waals surface area contributed by atoms with Gasteiger partial charge in [0.2, 0.25) is 0 Å². The molecule has 0 saturated carbocycles. The summed E-state index contributed by atoms with van der Waals surface area (Å²) < 4.78 is 11.1. The van der Waals surface area contributed by atoms with Crippen LogP contribution in [-0.2, 0) is 16.1 Å². The van der Waals surface area contributed by atoms with Crippen LogP contribution in [-0.4, -0.2) is 37.1 Å². The van der Waals surface area contributed by atoms with Crippen LogP contribution in [0.3, 0.4) is 0 Å². The number of hydrogen-bond acceptors (Lipinski definition) is 5. The third-order valence-electron chi connectivity index (χ3n) is 4.87. The van der Waals surface area contributed by atoms with Gasteiger partial charge in [0.1, 0.15) is 6.61 Å². The second-order valence-electron chi connectivity index (χ2n) is 7.04. The van der Waals surface area contributed by atoms with E-state index in [-0.39, 0.29) is 19.6 Å². The summed E-state index contributed by atoms with van der Waals surface area (Å²) in [6, 6.07) is 23.6. The predicted molar refractivity (Wildman–Crippen MR) is 124 cm³/mol. The summed E-state index contributed by atoms with van der Waals surface area (Å²) in [5, 5.41) is 13.3. The lowest BCUT2D eigenvalue weighted by molar-refractivity contribution is -0.136. The Kier molecular flexibility index (Phi) is 8.26. The normalized spacial score (nSPS) is 11.1. The summed E-state index contributed by atoms with van der Waals surface area (Å²) in [6.45, 7) is 2.53. The first-order valence-corrected chi connectivity index (χ1v) is 10.5. The van der Waals surface area contributed by atoms with E-state index in [9.17, 15) is 4.79 Å². The van der Waals surface area contributed by atoms with Crippen molar-refractivity contribution < 1.29 is 24.2 Å². The van der Waals surface area contributed by atoms with Gasteiger partial charge in [-0.05, 0) is 29.2 Å². The number of benzene rings is 3. The van der Waals surface area contributed by atoms with Gasteiger partial charge in [-0.25, -0.2) is 0 Å². The van der Waals surface area contributed by atoms with E-state index in [1.54, 1.807) is 18.2 Å². The van der Waals surface area contributed by atoms with Crippen LogP contribution < -0.4 is 9.47 Å². The van der Waals surface area contributed by atoms with Crippen LogP contribution in [0.2, 0.25) is 0 Å². The van der Waals surface area contributed by atoms with E-state index in [0.29, 0.717) is 17.1 Å². The van der Waals surface area contributed by atoms with E-state index in [4.69, 9.17) is 19.4 Å². The van der Waals surface area contributed by atoms with Gasteiger partial charge < -0.3 is 19.4 Å². The number of carboxylic acids is 1. The molecular weight excluding hydrogens is 406 g/mol. The maximum absolute atomic E-state index is 11.0. The van der Waals surface area contributed by atoms with Crippen LogP contribution in [0.25, 0.3) is 11.1 Å². The number of carbonyl (C=O) groups is 1. The van der Waals surface area contributed by atoms with Gasteiger partial charge in [0, 0.05) is 5.56 Å². The molecule has 0 saturated heterocycles.